The normalized spacial score (nSPS) is 21.5. The Labute approximate surface area is 128 Å². The molecular weight excluding hydrogens is 289 g/mol. The van der Waals surface area contributed by atoms with Crippen molar-refractivity contribution in [3.63, 3.8) is 0 Å². The highest BCUT2D eigenvalue weighted by atomic mass is 19.4. The maximum Gasteiger partial charge on any atom is 0.418 e. The molecule has 0 atom stereocenters. The molecule has 0 saturated heterocycles. The monoisotopic (exact) mass is 310 g/mol. The van der Waals surface area contributed by atoms with Crippen LogP contribution < -0.4 is 10.6 Å². The number of alkyl halides is 3. The van der Waals surface area contributed by atoms with Crippen molar-refractivity contribution in [1.29, 1.82) is 0 Å². The van der Waals surface area contributed by atoms with E-state index in [-0.39, 0.29) is 22.8 Å². The minimum Gasteiger partial charge on any atom is -0.399 e. The highest BCUT2D eigenvalue weighted by molar-refractivity contribution is 5.71. The zero-order valence-electron chi connectivity index (χ0n) is 12.9. The third-order valence-corrected chi connectivity index (χ3v) is 4.72. The molecular formula is C17H21F3N2. The number of benzene rings is 1. The van der Waals surface area contributed by atoms with E-state index >= 15 is 0 Å². The van der Waals surface area contributed by atoms with Crippen LogP contribution in [-0.4, -0.2) is 6.04 Å². The average molecular weight is 310 g/mol. The first kappa shape index (κ1) is 15.3. The molecule has 0 bridgehead atoms. The van der Waals surface area contributed by atoms with Crippen LogP contribution in [0.2, 0.25) is 0 Å². The summed E-state index contributed by atoms with van der Waals surface area (Å²) >= 11 is 0. The molecule has 2 N–H and O–H groups in total. The number of nitrogens with zero attached hydrogens (tertiary/aromatic N) is 1. The number of anilines is 2. The fourth-order valence-electron chi connectivity index (χ4n) is 3.81. The molecule has 0 aromatic heterocycles. The van der Waals surface area contributed by atoms with Gasteiger partial charge in [0.25, 0.3) is 0 Å². The molecule has 120 valence electrons. The van der Waals surface area contributed by atoms with Crippen molar-refractivity contribution in [3.05, 3.63) is 35.5 Å². The highest BCUT2D eigenvalue weighted by Gasteiger charge is 2.45. The Bertz CT molecular complexity index is 624. The molecule has 0 unspecified atom stereocenters. The second kappa shape index (κ2) is 4.67. The fraction of sp³-hybridized carbons (Fsp3) is 0.529. The Morgan fingerprint density at radius 2 is 1.86 bits per heavy atom. The maximum absolute atomic E-state index is 13.5. The summed E-state index contributed by atoms with van der Waals surface area (Å²) in [5.74, 6) is 0. The van der Waals surface area contributed by atoms with Gasteiger partial charge in [0, 0.05) is 17.4 Å². The quantitative estimate of drug-likeness (QED) is 0.759. The van der Waals surface area contributed by atoms with Crippen LogP contribution >= 0.6 is 0 Å². The average Bonchev–Trinajstić information content (AvgIpc) is 2.34. The van der Waals surface area contributed by atoms with Crippen LogP contribution in [0.5, 0.6) is 0 Å². The zero-order valence-corrected chi connectivity index (χ0v) is 12.9. The first-order valence-electron chi connectivity index (χ1n) is 7.55. The molecule has 2 nitrogen and oxygen atoms in total. The van der Waals surface area contributed by atoms with E-state index < -0.39 is 11.7 Å². The van der Waals surface area contributed by atoms with Gasteiger partial charge in [-0.2, -0.15) is 13.2 Å². The van der Waals surface area contributed by atoms with E-state index in [1.807, 2.05) is 4.90 Å². The van der Waals surface area contributed by atoms with Crippen molar-refractivity contribution < 1.29 is 13.2 Å². The highest BCUT2D eigenvalue weighted by Crippen LogP contribution is 2.51. The van der Waals surface area contributed by atoms with Gasteiger partial charge in [0.1, 0.15) is 0 Å². The predicted molar refractivity (Wildman–Crippen MR) is 82.6 cm³/mol. The Balaban J connectivity index is 2.11. The molecule has 1 saturated carbocycles. The number of fused-ring (bicyclic) bond motifs is 1. The molecule has 1 aliphatic heterocycles. The van der Waals surface area contributed by atoms with Crippen molar-refractivity contribution >= 4 is 11.4 Å². The second-order valence-corrected chi connectivity index (χ2v) is 7.24. The topological polar surface area (TPSA) is 29.3 Å². The van der Waals surface area contributed by atoms with Gasteiger partial charge >= 0.3 is 6.18 Å². The molecule has 1 aromatic carbocycles. The third kappa shape index (κ3) is 2.46. The van der Waals surface area contributed by atoms with E-state index in [0.717, 1.165) is 24.6 Å². The van der Waals surface area contributed by atoms with Crippen LogP contribution in [0.4, 0.5) is 24.5 Å². The Morgan fingerprint density at radius 1 is 1.23 bits per heavy atom. The smallest absolute Gasteiger partial charge is 0.399 e. The molecule has 3 rings (SSSR count). The lowest BCUT2D eigenvalue weighted by molar-refractivity contribution is -0.137. The van der Waals surface area contributed by atoms with Crippen LogP contribution in [-0.2, 0) is 12.6 Å². The van der Waals surface area contributed by atoms with E-state index in [0.29, 0.717) is 18.4 Å². The molecule has 5 heteroatoms. The number of rotatable bonds is 1. The molecule has 1 aromatic rings. The lowest BCUT2D eigenvalue weighted by Gasteiger charge is -2.51. The molecule has 0 radical (unpaired) electrons. The summed E-state index contributed by atoms with van der Waals surface area (Å²) in [4.78, 5) is 1.83. The zero-order chi connectivity index (χ0) is 16.3. The molecule has 0 spiro atoms. The second-order valence-electron chi connectivity index (χ2n) is 7.24. The molecule has 2 aliphatic rings. The molecule has 1 heterocycles. The maximum atomic E-state index is 13.5. The summed E-state index contributed by atoms with van der Waals surface area (Å²) < 4.78 is 40.4. The van der Waals surface area contributed by atoms with Gasteiger partial charge in [-0.3, -0.25) is 0 Å². The van der Waals surface area contributed by atoms with Gasteiger partial charge in [0.15, 0.2) is 0 Å². The lowest BCUT2D eigenvalue weighted by atomic mass is 9.67. The van der Waals surface area contributed by atoms with Gasteiger partial charge in [-0.15, -0.1) is 0 Å². The number of nitrogens with two attached hydrogens (primary N) is 1. The van der Waals surface area contributed by atoms with Crippen molar-refractivity contribution in [2.24, 2.45) is 5.41 Å². The first-order chi connectivity index (χ1) is 10.1. The van der Waals surface area contributed by atoms with E-state index in [1.165, 1.54) is 0 Å². The SMILES string of the molecule is C=C1CCc2cc(N)cc(C(F)(F)F)c2N1C1CC(C)(C)C1. The number of hydrogen-bond donors (Lipinski definition) is 1. The van der Waals surface area contributed by atoms with Crippen LogP contribution in [0.3, 0.4) is 0 Å². The Morgan fingerprint density at radius 3 is 2.41 bits per heavy atom. The van der Waals surface area contributed by atoms with Gasteiger partial charge in [0.2, 0.25) is 0 Å². The van der Waals surface area contributed by atoms with Crippen LogP contribution in [0.1, 0.15) is 44.2 Å². The molecule has 1 aliphatic carbocycles. The van der Waals surface area contributed by atoms with Crippen LogP contribution in [0.15, 0.2) is 24.4 Å². The number of nitrogen functional groups attached to an aromatic ring is 1. The van der Waals surface area contributed by atoms with Crippen molar-refractivity contribution in [2.75, 3.05) is 10.6 Å². The summed E-state index contributed by atoms with van der Waals surface area (Å²) in [5, 5.41) is 0. The van der Waals surface area contributed by atoms with Gasteiger partial charge in [-0.1, -0.05) is 20.4 Å². The van der Waals surface area contributed by atoms with Gasteiger partial charge in [0.05, 0.1) is 11.3 Å². The van der Waals surface area contributed by atoms with E-state index in [2.05, 4.69) is 20.4 Å². The number of aryl methyl sites for hydroxylation is 1. The van der Waals surface area contributed by atoms with Crippen molar-refractivity contribution in [1.82, 2.24) is 0 Å². The largest absolute Gasteiger partial charge is 0.418 e. The number of hydrogen-bond acceptors (Lipinski definition) is 2. The lowest BCUT2D eigenvalue weighted by Crippen LogP contribution is -2.50. The third-order valence-electron chi connectivity index (χ3n) is 4.72. The van der Waals surface area contributed by atoms with Gasteiger partial charge in [-0.05, 0) is 48.8 Å². The minimum atomic E-state index is -4.41. The Hall–Kier alpha value is -1.65. The molecule has 22 heavy (non-hydrogen) atoms. The van der Waals surface area contributed by atoms with Gasteiger partial charge < -0.3 is 10.6 Å². The van der Waals surface area contributed by atoms with Gasteiger partial charge in [-0.25, -0.2) is 0 Å². The van der Waals surface area contributed by atoms with E-state index in [9.17, 15) is 13.2 Å². The van der Waals surface area contributed by atoms with Crippen LogP contribution in [0.25, 0.3) is 0 Å². The Kier molecular flexibility index (Phi) is 3.24. The van der Waals surface area contributed by atoms with E-state index in [4.69, 9.17) is 5.73 Å². The summed E-state index contributed by atoms with van der Waals surface area (Å²) in [5.41, 5.74) is 7.16. The standard InChI is InChI=1S/C17H21F3N2/c1-10-4-5-11-6-12(21)7-14(17(18,19)20)15(11)22(10)13-8-16(2,3)9-13/h6-7,13H,1,4-5,8-9,21H2,2-3H3. The fourth-order valence-corrected chi connectivity index (χ4v) is 3.81. The summed E-state index contributed by atoms with van der Waals surface area (Å²) in [7, 11) is 0. The first-order valence-corrected chi connectivity index (χ1v) is 7.55. The summed E-state index contributed by atoms with van der Waals surface area (Å²) in [6, 6.07) is 2.83. The van der Waals surface area contributed by atoms with E-state index in [1.54, 1.807) is 6.07 Å². The minimum absolute atomic E-state index is 0.103. The van der Waals surface area contributed by atoms with Crippen molar-refractivity contribution in [2.45, 2.75) is 51.7 Å². The number of halogens is 3. The summed E-state index contributed by atoms with van der Waals surface area (Å²) in [6.45, 7) is 8.31. The van der Waals surface area contributed by atoms with Crippen molar-refractivity contribution in [3.8, 4) is 0 Å². The van der Waals surface area contributed by atoms with Crippen LogP contribution in [0, 0.1) is 5.41 Å². The summed E-state index contributed by atoms with van der Waals surface area (Å²) in [6.07, 6.45) is -1.39. The predicted octanol–water partition coefficient (Wildman–Crippen LogP) is 4.74. The molecule has 0 amide bonds. The molecule has 1 fully saturated rings. The number of allylic oxidation sites excluding steroid dienone is 1.